The van der Waals surface area contributed by atoms with Crippen LogP contribution in [0.25, 0.3) is 6.08 Å². The van der Waals surface area contributed by atoms with Gasteiger partial charge < -0.3 is 0 Å². The lowest BCUT2D eigenvalue weighted by atomic mass is 9.32. The summed E-state index contributed by atoms with van der Waals surface area (Å²) in [6.45, 7) is 20.3. The fourth-order valence-electron chi connectivity index (χ4n) is 12.5. The number of Topliss-reactive ketones (excluding diaryl/α,β-unsaturated/α-hetero) is 1. The Morgan fingerprint density at radius 3 is 2.18 bits per heavy atom. The predicted octanol–water partition coefficient (Wildman–Crippen LogP) is 10.0. The van der Waals surface area contributed by atoms with Crippen molar-refractivity contribution in [2.75, 3.05) is 0 Å². The van der Waals surface area contributed by atoms with Crippen molar-refractivity contribution in [3.8, 4) is 0 Å². The molecular weight excluding hydrogens is 460 g/mol. The predicted molar refractivity (Wildman–Crippen MR) is 159 cm³/mol. The molecule has 9 atom stereocenters. The van der Waals surface area contributed by atoms with Gasteiger partial charge in [0.25, 0.3) is 0 Å². The number of hydrogen-bond donors (Lipinski definition) is 0. The highest BCUT2D eigenvalue weighted by Gasteiger charge is 2.70. The molecule has 5 saturated carbocycles. The van der Waals surface area contributed by atoms with Gasteiger partial charge in [0.15, 0.2) is 5.78 Å². The van der Waals surface area contributed by atoms with E-state index in [9.17, 15) is 4.79 Å². The lowest BCUT2D eigenvalue weighted by Crippen LogP contribution is -2.66. The summed E-state index contributed by atoms with van der Waals surface area (Å²) in [6, 6.07) is 10.6. The van der Waals surface area contributed by atoms with E-state index in [-0.39, 0.29) is 10.8 Å². The van der Waals surface area contributed by atoms with Crippen LogP contribution in [-0.4, -0.2) is 5.78 Å². The first-order valence-corrected chi connectivity index (χ1v) is 16.1. The molecule has 38 heavy (non-hydrogen) atoms. The first-order valence-electron chi connectivity index (χ1n) is 16.1. The summed E-state index contributed by atoms with van der Waals surface area (Å²) in [4.78, 5) is 14.0. The number of ketones is 1. The van der Waals surface area contributed by atoms with Gasteiger partial charge in [0, 0.05) is 5.41 Å². The van der Waals surface area contributed by atoms with Crippen molar-refractivity contribution in [2.24, 2.45) is 62.6 Å². The van der Waals surface area contributed by atoms with Crippen LogP contribution < -0.4 is 0 Å². The van der Waals surface area contributed by atoms with E-state index >= 15 is 0 Å². The second kappa shape index (κ2) is 8.57. The molecule has 0 aliphatic heterocycles. The van der Waals surface area contributed by atoms with Gasteiger partial charge in [0.1, 0.15) is 0 Å². The van der Waals surface area contributed by atoms with Crippen LogP contribution in [0.5, 0.6) is 0 Å². The van der Waals surface area contributed by atoms with Crippen LogP contribution in [-0.2, 0) is 4.79 Å². The molecule has 1 aromatic carbocycles. The van der Waals surface area contributed by atoms with E-state index in [0.29, 0.717) is 33.9 Å². The molecule has 0 bridgehead atoms. The van der Waals surface area contributed by atoms with Gasteiger partial charge in [-0.15, -0.1) is 0 Å². The topological polar surface area (TPSA) is 17.1 Å². The molecule has 1 aromatic rings. The maximum Gasteiger partial charge on any atom is 0.164 e. The van der Waals surface area contributed by atoms with Crippen molar-refractivity contribution in [3.63, 3.8) is 0 Å². The van der Waals surface area contributed by atoms with Crippen molar-refractivity contribution in [1.29, 1.82) is 0 Å². The largest absolute Gasteiger partial charge is 0.294 e. The maximum absolute atomic E-state index is 14.0. The van der Waals surface area contributed by atoms with Gasteiger partial charge in [-0.3, -0.25) is 4.79 Å². The molecule has 0 aromatic heterocycles. The Labute approximate surface area is 233 Å². The Morgan fingerprint density at radius 1 is 0.789 bits per heavy atom. The second-order valence-electron chi connectivity index (χ2n) is 16.6. The summed E-state index contributed by atoms with van der Waals surface area (Å²) < 4.78 is 0. The van der Waals surface area contributed by atoms with Crippen LogP contribution >= 0.6 is 0 Å². The van der Waals surface area contributed by atoms with E-state index in [1.54, 1.807) is 0 Å². The molecule has 0 unspecified atom stereocenters. The molecule has 5 aliphatic rings. The van der Waals surface area contributed by atoms with Crippen LogP contribution in [0.1, 0.15) is 119 Å². The molecule has 0 radical (unpaired) electrons. The Morgan fingerprint density at radius 2 is 1.50 bits per heavy atom. The molecule has 0 heterocycles. The molecule has 0 N–H and O–H groups in total. The van der Waals surface area contributed by atoms with Crippen LogP contribution in [0.4, 0.5) is 0 Å². The average molecular weight is 515 g/mol. The number of benzene rings is 1. The molecular formula is C37H54O. The van der Waals surface area contributed by atoms with E-state index in [1.165, 1.54) is 56.9 Å². The Hall–Kier alpha value is -1.37. The SMILES string of the molecule is CC(C)[C@@H]1CC[C@]2(C)CC[C@]3(C)[C@H](CC[C@@H]4[C@@]5(C)C/C(=C/c6ccccc6)C(=O)C(C)(C)[C@@H]5CC[C@@]43C)[C@@H]12. The van der Waals surface area contributed by atoms with Crippen LogP contribution in [0.2, 0.25) is 0 Å². The van der Waals surface area contributed by atoms with Gasteiger partial charge in [-0.2, -0.15) is 0 Å². The zero-order valence-corrected chi connectivity index (χ0v) is 25.7. The number of fused-ring (bicyclic) bond motifs is 7. The third-order valence-electron chi connectivity index (χ3n) is 14.5. The first-order chi connectivity index (χ1) is 17.8. The Balaban J connectivity index is 1.40. The summed E-state index contributed by atoms with van der Waals surface area (Å²) in [5.41, 5.74) is 3.51. The highest BCUT2D eigenvalue weighted by molar-refractivity contribution is 6.04. The lowest BCUT2D eigenvalue weighted by Gasteiger charge is -2.72. The van der Waals surface area contributed by atoms with E-state index < -0.39 is 0 Å². The normalized spacial score (nSPS) is 48.8. The molecule has 6 rings (SSSR count). The summed E-state index contributed by atoms with van der Waals surface area (Å²) in [6.07, 6.45) is 14.3. The standard InChI is InChI=1S/C37H54O/c1-24(2)27-16-18-34(5)20-21-36(7)28(31(27)34)14-15-30-35(6)23-26(22-25-12-10-9-11-13-25)32(38)33(3,4)29(35)17-19-37(30,36)8/h9-13,22,24,27-31H,14-21,23H2,1-8H3/b26-22-/t27-,28+,29-,30+,31+,34+,35-,36+,37-/m0/s1. The molecule has 0 spiro atoms. The molecule has 0 amide bonds. The maximum atomic E-state index is 14.0. The van der Waals surface area contributed by atoms with Crippen molar-refractivity contribution in [1.82, 2.24) is 0 Å². The second-order valence-corrected chi connectivity index (χ2v) is 16.6. The number of hydrogen-bond acceptors (Lipinski definition) is 1. The molecule has 5 aliphatic carbocycles. The highest BCUT2D eigenvalue weighted by Crippen LogP contribution is 2.77. The lowest BCUT2D eigenvalue weighted by molar-refractivity contribution is -0.230. The average Bonchev–Trinajstić information content (AvgIpc) is 3.21. The fourth-order valence-corrected chi connectivity index (χ4v) is 12.5. The van der Waals surface area contributed by atoms with Gasteiger partial charge in [-0.25, -0.2) is 0 Å². The minimum absolute atomic E-state index is 0.187. The summed E-state index contributed by atoms with van der Waals surface area (Å²) >= 11 is 0. The van der Waals surface area contributed by atoms with Gasteiger partial charge in [-0.05, 0) is 132 Å². The van der Waals surface area contributed by atoms with E-state index in [2.05, 4.69) is 91.8 Å². The van der Waals surface area contributed by atoms with Gasteiger partial charge in [0.2, 0.25) is 0 Å². The number of carbonyl (C=O) groups is 1. The zero-order valence-electron chi connectivity index (χ0n) is 25.7. The minimum Gasteiger partial charge on any atom is -0.294 e. The van der Waals surface area contributed by atoms with Gasteiger partial charge >= 0.3 is 0 Å². The number of rotatable bonds is 2. The van der Waals surface area contributed by atoms with E-state index in [1.807, 2.05) is 0 Å². The number of allylic oxidation sites excluding steroid dienone is 1. The van der Waals surface area contributed by atoms with Crippen molar-refractivity contribution in [3.05, 3.63) is 41.5 Å². The van der Waals surface area contributed by atoms with Crippen LogP contribution in [0, 0.1) is 62.6 Å². The van der Waals surface area contributed by atoms with Crippen molar-refractivity contribution < 1.29 is 4.79 Å². The van der Waals surface area contributed by atoms with E-state index in [0.717, 1.165) is 35.7 Å². The molecule has 0 saturated heterocycles. The van der Waals surface area contributed by atoms with E-state index in [4.69, 9.17) is 0 Å². The molecule has 1 nitrogen and oxygen atoms in total. The molecule has 208 valence electrons. The van der Waals surface area contributed by atoms with Crippen molar-refractivity contribution >= 4 is 11.9 Å². The minimum atomic E-state index is -0.286. The first kappa shape index (κ1) is 26.8. The third kappa shape index (κ3) is 3.44. The van der Waals surface area contributed by atoms with Crippen LogP contribution in [0.3, 0.4) is 0 Å². The van der Waals surface area contributed by atoms with Gasteiger partial charge in [0.05, 0.1) is 0 Å². The summed E-state index contributed by atoms with van der Waals surface area (Å²) in [7, 11) is 0. The summed E-state index contributed by atoms with van der Waals surface area (Å²) in [5, 5.41) is 0. The summed E-state index contributed by atoms with van der Waals surface area (Å²) in [5.74, 6) is 5.08. The number of carbonyl (C=O) groups excluding carboxylic acids is 1. The highest BCUT2D eigenvalue weighted by atomic mass is 16.1. The molecule has 5 fully saturated rings. The Bertz CT molecular complexity index is 1130. The van der Waals surface area contributed by atoms with Crippen molar-refractivity contribution in [2.45, 2.75) is 113 Å². The quantitative estimate of drug-likeness (QED) is 0.359. The Kier molecular flexibility index (Phi) is 6.05. The molecule has 1 heteroatoms. The smallest absolute Gasteiger partial charge is 0.164 e. The third-order valence-corrected chi connectivity index (χ3v) is 14.5. The van der Waals surface area contributed by atoms with Crippen LogP contribution in [0.15, 0.2) is 35.9 Å². The zero-order chi connectivity index (χ0) is 27.3. The van der Waals surface area contributed by atoms with Gasteiger partial charge in [-0.1, -0.05) is 85.7 Å². The monoisotopic (exact) mass is 514 g/mol. The fraction of sp³-hybridized carbons (Fsp3) is 0.757.